The number of hydrogen-bond donors (Lipinski definition) is 9. The molecular weight excluding hydrogens is 661 g/mol. The zero-order valence-corrected chi connectivity index (χ0v) is 30.9. The first-order valence-corrected chi connectivity index (χ1v) is 18.6. The maximum Gasteiger partial charge on any atom is 0.0905 e. The fraction of sp³-hybridized carbons (Fsp3) is 1.00. The Kier molecular flexibility index (Phi) is 34.4. The summed E-state index contributed by atoms with van der Waals surface area (Å²) >= 11 is 5.04. The molecule has 0 saturated carbocycles. The molecule has 0 aromatic heterocycles. The molecule has 4 atom stereocenters. The number of β-amino-alcohol motifs (C(OH)–C–C–N with tert-alkyl or cyclic N) is 1. The second-order valence-corrected chi connectivity index (χ2v) is 12.4. The van der Waals surface area contributed by atoms with Crippen LogP contribution in [0.1, 0.15) is 28.1 Å². The maximum atomic E-state index is 9.39. The van der Waals surface area contributed by atoms with Crippen molar-refractivity contribution in [2.75, 3.05) is 157 Å². The van der Waals surface area contributed by atoms with Crippen LogP contribution in [-0.2, 0) is 0 Å². The molecule has 292 valence electrons. The van der Waals surface area contributed by atoms with Crippen LogP contribution in [0.5, 0.6) is 0 Å². The van der Waals surface area contributed by atoms with Gasteiger partial charge in [-0.2, -0.15) is 0 Å². The summed E-state index contributed by atoms with van der Waals surface area (Å²) in [7, 11) is 3.25. The molecule has 0 radical (unpaired) electrons. The molecule has 8 rings (SSSR count). The Labute approximate surface area is 301 Å². The fourth-order valence-corrected chi connectivity index (χ4v) is 5.90. The average Bonchev–Trinajstić information content (AvgIpc) is 3.46. The largest absolute Gasteiger partial charge is 0.400 e. The third-order valence-corrected chi connectivity index (χ3v) is 8.85. The third kappa shape index (κ3) is 24.4. The van der Waals surface area contributed by atoms with E-state index in [1.807, 2.05) is 0 Å². The van der Waals surface area contributed by atoms with E-state index in [0.717, 1.165) is 92.2 Å². The van der Waals surface area contributed by atoms with Crippen molar-refractivity contribution in [3.8, 4) is 0 Å². The predicted octanol–water partition coefficient (Wildman–Crippen LogP) is -2.72. The molecule has 4 bridgehead atoms. The lowest BCUT2D eigenvalue weighted by Gasteiger charge is -2.46. The molecule has 0 spiro atoms. The van der Waals surface area contributed by atoms with Crippen molar-refractivity contribution < 1.29 is 37.1 Å². The van der Waals surface area contributed by atoms with E-state index >= 15 is 0 Å². The summed E-state index contributed by atoms with van der Waals surface area (Å²) in [5.74, 6) is 0.108. The van der Waals surface area contributed by atoms with Crippen molar-refractivity contribution in [2.45, 2.75) is 51.0 Å². The number of fused-ring (bicyclic) bond motifs is 7. The SMILES string of the molecule is C.C1CCNCC1.CO.OC1CN2CCN(CC2)C1.OCC(O)CCl.OCC(O)CN1CCNCC1.OCC1CN2CCN1CC2.[2H]CP. The van der Waals surface area contributed by atoms with Gasteiger partial charge in [0.2, 0.25) is 0 Å². The van der Waals surface area contributed by atoms with Gasteiger partial charge in [-0.1, -0.05) is 20.5 Å². The lowest BCUT2D eigenvalue weighted by molar-refractivity contribution is -0.0104. The number of halogens is 1. The highest BCUT2D eigenvalue weighted by Crippen LogP contribution is 2.14. The number of alkyl halides is 1. The smallest absolute Gasteiger partial charge is 0.0905 e. The summed E-state index contributed by atoms with van der Waals surface area (Å²) < 4.78 is 6.17. The summed E-state index contributed by atoms with van der Waals surface area (Å²) in [5.41, 5.74) is 0. The van der Waals surface area contributed by atoms with Crippen LogP contribution in [0.25, 0.3) is 0 Å². The molecular formula is C32H75ClN7O7P. The highest BCUT2D eigenvalue weighted by atomic mass is 35.5. The molecule has 8 aliphatic rings. The maximum absolute atomic E-state index is 9.39. The Morgan fingerprint density at radius 3 is 1.46 bits per heavy atom. The summed E-state index contributed by atoms with van der Waals surface area (Å²) in [4.78, 5) is 11.7. The molecule has 0 aromatic rings. The summed E-state index contributed by atoms with van der Waals surface area (Å²) in [6.07, 6.45) is 2.79. The molecule has 8 saturated heterocycles. The van der Waals surface area contributed by atoms with E-state index in [1.54, 1.807) is 0 Å². The van der Waals surface area contributed by atoms with E-state index in [2.05, 4.69) is 44.4 Å². The van der Waals surface area contributed by atoms with Gasteiger partial charge in [-0.05, 0) is 25.9 Å². The number of aliphatic hydroxyl groups excluding tert-OH is 7. The summed E-state index contributed by atoms with van der Waals surface area (Å²) in [6, 6.07) is 0.433. The minimum atomic E-state index is -0.744. The van der Waals surface area contributed by atoms with E-state index in [4.69, 9.17) is 43.6 Å². The van der Waals surface area contributed by atoms with Crippen molar-refractivity contribution in [3.05, 3.63) is 0 Å². The van der Waals surface area contributed by atoms with Crippen molar-refractivity contribution >= 4 is 20.8 Å². The van der Waals surface area contributed by atoms with Crippen LogP contribution in [0, 0.1) is 0 Å². The fourth-order valence-electron chi connectivity index (χ4n) is 5.81. The number of aliphatic hydroxyl groups is 7. The van der Waals surface area contributed by atoms with Gasteiger partial charge in [0.05, 0.1) is 44.0 Å². The molecule has 8 aliphatic heterocycles. The normalized spacial score (nSPS) is 30.1. The first-order valence-electron chi connectivity index (χ1n) is 17.9. The molecule has 4 unspecified atom stereocenters. The van der Waals surface area contributed by atoms with Crippen molar-refractivity contribution in [1.29, 1.82) is 0 Å². The molecule has 0 amide bonds. The average molecular weight is 737 g/mol. The zero-order valence-electron chi connectivity index (χ0n) is 30.0. The lowest BCUT2D eigenvalue weighted by Crippen LogP contribution is -2.61. The number of nitrogens with one attached hydrogen (secondary N) is 2. The summed E-state index contributed by atoms with van der Waals surface area (Å²) in [6.45, 7) is 19.5. The van der Waals surface area contributed by atoms with Gasteiger partial charge < -0.3 is 46.4 Å². The summed E-state index contributed by atoms with van der Waals surface area (Å²) in [5, 5.41) is 65.8. The second kappa shape index (κ2) is 34.3. The standard InChI is InChI=1S/C7H16N2O2.2C7H14N2O.C5H11N.C3H7ClO2.CH4O.CH5P.CH4/c10-6-7(11)5-9-3-1-8-2-4-9;10-6-7-5-8-1-3-9(7)4-2-8;10-7-5-8-1-2-9(6-7)4-3-8;1-2-4-6-5-3-1;4-1-3(6)2-5;2*1-2;/h7-8,10-11H,1-6H2;2*7,10H,1-6H2;6H,1-5H2;3,5-6H,1-2H2;2H,1H3;2H2,1H3;1H4/i;;;;;;1D;. The van der Waals surface area contributed by atoms with Gasteiger partial charge in [0, 0.05) is 119 Å². The van der Waals surface area contributed by atoms with Crippen LogP contribution in [-0.4, -0.2) is 242 Å². The van der Waals surface area contributed by atoms with Gasteiger partial charge in [0.25, 0.3) is 0 Å². The van der Waals surface area contributed by atoms with Crippen LogP contribution in [0.2, 0.25) is 0 Å². The van der Waals surface area contributed by atoms with Gasteiger partial charge in [-0.15, -0.1) is 20.8 Å². The van der Waals surface area contributed by atoms with E-state index in [1.165, 1.54) is 45.4 Å². The Morgan fingerprint density at radius 1 is 0.729 bits per heavy atom. The topological polar surface area (TPSA) is 182 Å². The van der Waals surface area contributed by atoms with Crippen LogP contribution in [0.3, 0.4) is 0 Å². The number of rotatable bonds is 6. The highest BCUT2D eigenvalue weighted by molar-refractivity contribution is 7.15. The molecule has 9 N–H and O–H groups in total. The van der Waals surface area contributed by atoms with Crippen LogP contribution in [0.15, 0.2) is 0 Å². The molecule has 8 heterocycles. The van der Waals surface area contributed by atoms with E-state index in [-0.39, 0.29) is 32.6 Å². The van der Waals surface area contributed by atoms with Gasteiger partial charge in [0.15, 0.2) is 0 Å². The van der Waals surface area contributed by atoms with Gasteiger partial charge >= 0.3 is 0 Å². The quantitative estimate of drug-likeness (QED) is 0.101. The van der Waals surface area contributed by atoms with Gasteiger partial charge in [-0.3, -0.25) is 24.5 Å². The van der Waals surface area contributed by atoms with Crippen molar-refractivity contribution in [3.63, 3.8) is 0 Å². The van der Waals surface area contributed by atoms with Crippen LogP contribution < -0.4 is 10.6 Å². The second-order valence-electron chi connectivity index (χ2n) is 12.1. The third-order valence-electron chi connectivity index (χ3n) is 8.49. The molecule has 16 heteroatoms. The monoisotopic (exact) mass is 737 g/mol. The van der Waals surface area contributed by atoms with Gasteiger partial charge in [-0.25, -0.2) is 0 Å². The van der Waals surface area contributed by atoms with Crippen LogP contribution in [0.4, 0.5) is 0 Å². The van der Waals surface area contributed by atoms with Crippen molar-refractivity contribution in [2.24, 2.45) is 0 Å². The lowest BCUT2D eigenvalue weighted by atomic mass is 10.1. The minimum Gasteiger partial charge on any atom is -0.400 e. The number of nitrogens with zero attached hydrogens (tertiary/aromatic N) is 5. The Balaban J connectivity index is 0. The van der Waals surface area contributed by atoms with E-state index in [9.17, 15) is 5.11 Å². The minimum absolute atomic E-state index is 0. The van der Waals surface area contributed by atoms with E-state index in [0.29, 0.717) is 25.8 Å². The van der Waals surface area contributed by atoms with E-state index < -0.39 is 12.2 Å². The number of piperidine rings is 1. The Hall–Kier alpha value is 0.160. The first kappa shape index (κ1) is 48.2. The number of piperazine rings is 5. The molecule has 48 heavy (non-hydrogen) atoms. The first-order chi connectivity index (χ1) is 23.3. The predicted molar refractivity (Wildman–Crippen MR) is 201 cm³/mol. The Bertz CT molecular complexity index is 656. The highest BCUT2D eigenvalue weighted by Gasteiger charge is 2.30. The zero-order chi connectivity index (χ0) is 36.0. The number of hydrogen-bond acceptors (Lipinski definition) is 14. The van der Waals surface area contributed by atoms with Crippen molar-refractivity contribution in [1.82, 2.24) is 35.1 Å². The van der Waals surface area contributed by atoms with Crippen LogP contribution >= 0.6 is 20.8 Å². The Morgan fingerprint density at radius 2 is 1.17 bits per heavy atom. The molecule has 0 aliphatic carbocycles. The molecule has 8 fully saturated rings. The molecule has 14 nitrogen and oxygen atoms in total. The molecule has 0 aromatic carbocycles. The van der Waals surface area contributed by atoms with Gasteiger partial charge in [0.1, 0.15) is 0 Å².